The zero-order valence-electron chi connectivity index (χ0n) is 12.2. The highest BCUT2D eigenvalue weighted by Gasteiger charge is 2.09. The van der Waals surface area contributed by atoms with Gasteiger partial charge in [0.05, 0.1) is 0 Å². The van der Waals surface area contributed by atoms with Crippen molar-refractivity contribution in [3.8, 4) is 0 Å². The second-order valence-electron chi connectivity index (χ2n) is 5.16. The summed E-state index contributed by atoms with van der Waals surface area (Å²) >= 11 is 1.65. The molecule has 0 saturated carbocycles. The van der Waals surface area contributed by atoms with Gasteiger partial charge in [-0.3, -0.25) is 4.40 Å². The second-order valence-corrected chi connectivity index (χ2v) is 6.17. The van der Waals surface area contributed by atoms with Crippen molar-refractivity contribution >= 4 is 17.4 Å². The Balaban J connectivity index is 1.87. The van der Waals surface area contributed by atoms with Crippen molar-refractivity contribution in [2.45, 2.75) is 36.5 Å². The number of pyridine rings is 1. The van der Waals surface area contributed by atoms with Crippen LogP contribution < -0.4 is 5.32 Å². The largest absolute Gasteiger partial charge is 0.310 e. The molecule has 108 valence electrons. The van der Waals surface area contributed by atoms with Crippen molar-refractivity contribution in [3.63, 3.8) is 0 Å². The average molecular weight is 298 g/mol. The molecule has 3 rings (SSSR count). The van der Waals surface area contributed by atoms with Gasteiger partial charge in [-0.05, 0) is 35.5 Å². The van der Waals surface area contributed by atoms with E-state index < -0.39 is 0 Å². The smallest absolute Gasteiger partial charge is 0.200 e. The van der Waals surface area contributed by atoms with Crippen LogP contribution in [-0.4, -0.2) is 20.6 Å². The fourth-order valence-corrected chi connectivity index (χ4v) is 3.00. The molecule has 0 atom stereocenters. The van der Waals surface area contributed by atoms with E-state index >= 15 is 0 Å². The zero-order chi connectivity index (χ0) is 14.7. The van der Waals surface area contributed by atoms with Gasteiger partial charge in [0.15, 0.2) is 10.8 Å². The molecule has 1 aromatic carbocycles. The monoisotopic (exact) mass is 298 g/mol. The standard InChI is InChI=1S/C16H18N4S/c1-12(2)17-11-13-7-3-4-8-14(13)21-16-19-18-15-9-5-6-10-20(15)16/h3-10,12,17H,11H2,1-2H3. The molecule has 2 heterocycles. The minimum absolute atomic E-state index is 0.469. The Morgan fingerprint density at radius 1 is 1.10 bits per heavy atom. The van der Waals surface area contributed by atoms with E-state index in [1.54, 1.807) is 11.8 Å². The first-order valence-corrected chi connectivity index (χ1v) is 7.84. The topological polar surface area (TPSA) is 42.2 Å². The molecule has 0 aliphatic heterocycles. The quantitative estimate of drug-likeness (QED) is 0.784. The average Bonchev–Trinajstić information content (AvgIpc) is 2.90. The molecule has 0 saturated heterocycles. The first kappa shape index (κ1) is 14.1. The normalized spacial score (nSPS) is 11.4. The number of benzene rings is 1. The van der Waals surface area contributed by atoms with Crippen LogP contribution in [0.25, 0.3) is 5.65 Å². The molecule has 3 aromatic rings. The summed E-state index contributed by atoms with van der Waals surface area (Å²) in [6.07, 6.45) is 1.99. The molecule has 4 nitrogen and oxygen atoms in total. The summed E-state index contributed by atoms with van der Waals surface area (Å²) < 4.78 is 2.01. The molecule has 2 aromatic heterocycles. The Morgan fingerprint density at radius 2 is 1.90 bits per heavy atom. The van der Waals surface area contributed by atoms with Crippen LogP contribution in [0.5, 0.6) is 0 Å². The summed E-state index contributed by atoms with van der Waals surface area (Å²) in [7, 11) is 0. The van der Waals surface area contributed by atoms with Crippen molar-refractivity contribution in [1.29, 1.82) is 0 Å². The third-order valence-electron chi connectivity index (χ3n) is 3.16. The van der Waals surface area contributed by atoms with Crippen LogP contribution in [0.2, 0.25) is 0 Å². The molecule has 0 fully saturated rings. The van der Waals surface area contributed by atoms with Crippen molar-refractivity contribution in [2.24, 2.45) is 0 Å². The van der Waals surface area contributed by atoms with Crippen LogP contribution in [0.1, 0.15) is 19.4 Å². The van der Waals surface area contributed by atoms with E-state index in [1.165, 1.54) is 10.5 Å². The van der Waals surface area contributed by atoms with Gasteiger partial charge in [0.25, 0.3) is 0 Å². The van der Waals surface area contributed by atoms with Crippen molar-refractivity contribution < 1.29 is 0 Å². The molecule has 1 N–H and O–H groups in total. The highest BCUT2D eigenvalue weighted by molar-refractivity contribution is 7.99. The van der Waals surface area contributed by atoms with Gasteiger partial charge in [-0.25, -0.2) is 0 Å². The van der Waals surface area contributed by atoms with Crippen LogP contribution in [0.4, 0.5) is 0 Å². The molecule has 5 heteroatoms. The van der Waals surface area contributed by atoms with E-state index in [0.29, 0.717) is 6.04 Å². The van der Waals surface area contributed by atoms with Crippen molar-refractivity contribution in [2.75, 3.05) is 0 Å². The lowest BCUT2D eigenvalue weighted by Crippen LogP contribution is -2.22. The van der Waals surface area contributed by atoms with Crippen LogP contribution >= 0.6 is 11.8 Å². The summed E-state index contributed by atoms with van der Waals surface area (Å²) in [4.78, 5) is 1.21. The molecule has 0 bridgehead atoms. The Bertz CT molecular complexity index is 736. The predicted molar refractivity (Wildman–Crippen MR) is 85.5 cm³/mol. The van der Waals surface area contributed by atoms with E-state index in [2.05, 4.69) is 53.6 Å². The van der Waals surface area contributed by atoms with Crippen LogP contribution in [-0.2, 0) is 6.54 Å². The minimum Gasteiger partial charge on any atom is -0.310 e. The maximum absolute atomic E-state index is 4.28. The van der Waals surface area contributed by atoms with E-state index in [9.17, 15) is 0 Å². The van der Waals surface area contributed by atoms with Crippen molar-refractivity contribution in [3.05, 3.63) is 54.2 Å². The van der Waals surface area contributed by atoms with E-state index in [-0.39, 0.29) is 0 Å². The summed E-state index contributed by atoms with van der Waals surface area (Å²) in [5.41, 5.74) is 2.15. The molecule has 0 aliphatic rings. The number of aromatic nitrogens is 3. The lowest BCUT2D eigenvalue weighted by Gasteiger charge is -2.11. The van der Waals surface area contributed by atoms with Gasteiger partial charge in [-0.1, -0.05) is 38.1 Å². The molecule has 0 spiro atoms. The third-order valence-corrected chi connectivity index (χ3v) is 4.24. The molecule has 0 aliphatic carbocycles. The maximum Gasteiger partial charge on any atom is 0.200 e. The molecular weight excluding hydrogens is 280 g/mol. The first-order valence-electron chi connectivity index (χ1n) is 7.03. The lowest BCUT2D eigenvalue weighted by atomic mass is 10.2. The summed E-state index contributed by atoms with van der Waals surface area (Å²) in [6.45, 7) is 5.17. The predicted octanol–water partition coefficient (Wildman–Crippen LogP) is 3.38. The molecule has 21 heavy (non-hydrogen) atoms. The first-order chi connectivity index (χ1) is 10.2. The van der Waals surface area contributed by atoms with Crippen LogP contribution in [0.3, 0.4) is 0 Å². The molecule has 0 amide bonds. The third kappa shape index (κ3) is 3.25. The van der Waals surface area contributed by atoms with Gasteiger partial charge >= 0.3 is 0 Å². The van der Waals surface area contributed by atoms with Crippen LogP contribution in [0, 0.1) is 0 Å². The van der Waals surface area contributed by atoms with E-state index in [4.69, 9.17) is 0 Å². The van der Waals surface area contributed by atoms with Gasteiger partial charge in [0.2, 0.25) is 0 Å². The van der Waals surface area contributed by atoms with Crippen molar-refractivity contribution in [1.82, 2.24) is 19.9 Å². The highest BCUT2D eigenvalue weighted by Crippen LogP contribution is 2.29. The van der Waals surface area contributed by atoms with E-state index in [0.717, 1.165) is 17.3 Å². The van der Waals surface area contributed by atoms with Crippen LogP contribution in [0.15, 0.2) is 58.7 Å². The Morgan fingerprint density at radius 3 is 2.76 bits per heavy atom. The number of rotatable bonds is 5. The Hall–Kier alpha value is -1.85. The molecule has 0 radical (unpaired) electrons. The number of hydrogen-bond acceptors (Lipinski definition) is 4. The number of hydrogen-bond donors (Lipinski definition) is 1. The van der Waals surface area contributed by atoms with Gasteiger partial charge < -0.3 is 5.32 Å². The van der Waals surface area contributed by atoms with Gasteiger partial charge in [0.1, 0.15) is 0 Å². The summed E-state index contributed by atoms with van der Waals surface area (Å²) in [6, 6.07) is 14.8. The highest BCUT2D eigenvalue weighted by atomic mass is 32.2. The van der Waals surface area contributed by atoms with Gasteiger partial charge in [-0.15, -0.1) is 10.2 Å². The lowest BCUT2D eigenvalue weighted by molar-refractivity contribution is 0.584. The molecular formula is C16H18N4S. The minimum atomic E-state index is 0.469. The Kier molecular flexibility index (Phi) is 4.22. The Labute approximate surface area is 128 Å². The maximum atomic E-state index is 4.28. The number of fused-ring (bicyclic) bond motifs is 1. The molecule has 0 unspecified atom stereocenters. The number of nitrogens with zero attached hydrogens (tertiary/aromatic N) is 3. The second kappa shape index (κ2) is 6.28. The van der Waals surface area contributed by atoms with Gasteiger partial charge in [-0.2, -0.15) is 0 Å². The van der Waals surface area contributed by atoms with E-state index in [1.807, 2.05) is 28.8 Å². The fourth-order valence-electron chi connectivity index (χ4n) is 2.05. The fraction of sp³-hybridized carbons (Fsp3) is 0.250. The summed E-state index contributed by atoms with van der Waals surface area (Å²) in [5, 5.41) is 12.8. The zero-order valence-corrected chi connectivity index (χ0v) is 13.0. The number of nitrogens with one attached hydrogen (secondary N) is 1. The summed E-state index contributed by atoms with van der Waals surface area (Å²) in [5.74, 6) is 0. The van der Waals surface area contributed by atoms with Gasteiger partial charge in [0, 0.05) is 23.7 Å². The SMILES string of the molecule is CC(C)NCc1ccccc1Sc1nnc2ccccn12.